The van der Waals surface area contributed by atoms with Gasteiger partial charge in [-0.3, -0.25) is 9.59 Å². The maximum atomic E-state index is 14.4. The molecule has 0 radical (unpaired) electrons. The van der Waals surface area contributed by atoms with Gasteiger partial charge in [-0.25, -0.2) is 0 Å². The van der Waals surface area contributed by atoms with Gasteiger partial charge in [-0.15, -0.1) is 0 Å². The molecule has 4 saturated carbocycles. The maximum absolute atomic E-state index is 14.4. The van der Waals surface area contributed by atoms with Crippen LogP contribution in [0, 0.1) is 50.2 Å². The largest absolute Gasteiger partial charge is 0.463 e. The summed E-state index contributed by atoms with van der Waals surface area (Å²) in [6.07, 6.45) is 4.23. The highest BCUT2D eigenvalue weighted by Gasteiger charge is 2.73. The quantitative estimate of drug-likeness (QED) is 0.412. The predicted molar refractivity (Wildman–Crippen MR) is 149 cm³/mol. The van der Waals surface area contributed by atoms with Crippen LogP contribution < -0.4 is 0 Å². The minimum Gasteiger partial charge on any atom is -0.463 e. The number of aliphatic hydroxyl groups excluding tert-OH is 3. The fourth-order valence-corrected chi connectivity index (χ4v) is 10.8. The molecule has 0 amide bonds. The molecule has 0 heterocycles. The second-order valence-electron chi connectivity index (χ2n) is 16.3. The highest BCUT2D eigenvalue weighted by molar-refractivity contribution is 5.96. The summed E-state index contributed by atoms with van der Waals surface area (Å²) in [7, 11) is 0. The van der Waals surface area contributed by atoms with E-state index in [1.165, 1.54) is 5.57 Å². The molecule has 39 heavy (non-hydrogen) atoms. The van der Waals surface area contributed by atoms with Gasteiger partial charge in [-0.1, -0.05) is 47.1 Å². The first-order valence-electron chi connectivity index (χ1n) is 15.3. The van der Waals surface area contributed by atoms with Crippen molar-refractivity contribution < 1.29 is 29.6 Å². The average molecular weight is 545 g/mol. The van der Waals surface area contributed by atoms with Crippen LogP contribution in [-0.4, -0.2) is 51.5 Å². The Morgan fingerprint density at radius 1 is 0.923 bits per heavy atom. The highest BCUT2D eigenvalue weighted by Crippen LogP contribution is 2.75. The second kappa shape index (κ2) is 8.64. The van der Waals surface area contributed by atoms with Crippen molar-refractivity contribution in [1.82, 2.24) is 0 Å². The van der Waals surface area contributed by atoms with Crippen LogP contribution in [0.15, 0.2) is 11.6 Å². The fourth-order valence-electron chi connectivity index (χ4n) is 10.8. The summed E-state index contributed by atoms with van der Waals surface area (Å²) < 4.78 is 5.72. The summed E-state index contributed by atoms with van der Waals surface area (Å²) in [5, 5.41) is 33.6. The van der Waals surface area contributed by atoms with Crippen LogP contribution in [-0.2, 0) is 14.3 Å². The van der Waals surface area contributed by atoms with Crippen LogP contribution in [0.4, 0.5) is 0 Å². The normalized spacial score (nSPS) is 52.6. The number of carbonyl (C=O) groups excluding carboxylic acids is 2. The van der Waals surface area contributed by atoms with Crippen molar-refractivity contribution in [3.8, 4) is 0 Å². The minimum absolute atomic E-state index is 0.0280. The Bertz CT molecular complexity index is 1090. The zero-order valence-corrected chi connectivity index (χ0v) is 25.6. The van der Waals surface area contributed by atoms with Gasteiger partial charge in [0.2, 0.25) is 0 Å². The summed E-state index contributed by atoms with van der Waals surface area (Å²) in [6.45, 7) is 18.7. The summed E-state index contributed by atoms with van der Waals surface area (Å²) >= 11 is 0. The number of aliphatic hydroxyl groups is 3. The van der Waals surface area contributed by atoms with Gasteiger partial charge in [0.15, 0.2) is 5.78 Å². The Morgan fingerprint density at radius 2 is 1.54 bits per heavy atom. The smallest absolute Gasteiger partial charge is 0.312 e. The van der Waals surface area contributed by atoms with Crippen LogP contribution in [0.3, 0.4) is 0 Å². The van der Waals surface area contributed by atoms with Gasteiger partial charge in [0, 0.05) is 11.3 Å². The van der Waals surface area contributed by atoms with Gasteiger partial charge in [-0.05, 0) is 105 Å². The lowest BCUT2D eigenvalue weighted by atomic mass is 9.33. The minimum atomic E-state index is -1.30. The molecule has 0 saturated heterocycles. The number of hydrogen-bond donors (Lipinski definition) is 3. The van der Waals surface area contributed by atoms with E-state index < -0.39 is 45.9 Å². The van der Waals surface area contributed by atoms with Gasteiger partial charge in [0.1, 0.15) is 6.10 Å². The summed E-state index contributed by atoms with van der Waals surface area (Å²) in [6, 6.07) is 0. The van der Waals surface area contributed by atoms with E-state index >= 15 is 0 Å². The molecule has 5 aliphatic rings. The number of carbonyl (C=O) groups is 2. The molecule has 11 atom stereocenters. The standard InChI is InChI=1S/C33H52O6/c1-18(2)39-27(38)30(6)13-12-29(5)14-15-31(7)19(20(29)17-30)16-21(34)24-32(31,8)11-10-22-28(3,4)25(36)23(35)26(37)33(22,24)9/h16,18,20,22-26,35-37H,10-15,17H2,1-9H3/t20-,22-,23+,24-,25-,26-,29+,30-,31+,32+,33-/m0/s1. The van der Waals surface area contributed by atoms with E-state index in [2.05, 4.69) is 20.8 Å². The number of hydrogen-bond acceptors (Lipinski definition) is 6. The highest BCUT2D eigenvalue weighted by atomic mass is 16.5. The lowest BCUT2D eigenvalue weighted by Gasteiger charge is -2.71. The number of ketones is 1. The van der Waals surface area contributed by atoms with Crippen molar-refractivity contribution >= 4 is 11.8 Å². The topological polar surface area (TPSA) is 104 Å². The summed E-state index contributed by atoms with van der Waals surface area (Å²) in [5.41, 5.74) is -1.54. The number of ether oxygens (including phenoxy) is 1. The average Bonchev–Trinajstić information content (AvgIpc) is 2.83. The van der Waals surface area contributed by atoms with Gasteiger partial charge in [0.05, 0.1) is 23.7 Å². The molecule has 0 aliphatic heterocycles. The van der Waals surface area contributed by atoms with Gasteiger partial charge in [0.25, 0.3) is 0 Å². The van der Waals surface area contributed by atoms with E-state index in [1.54, 1.807) is 0 Å². The van der Waals surface area contributed by atoms with E-state index in [0.29, 0.717) is 6.42 Å². The van der Waals surface area contributed by atoms with Crippen molar-refractivity contribution in [1.29, 1.82) is 0 Å². The van der Waals surface area contributed by atoms with Crippen molar-refractivity contribution in [3.63, 3.8) is 0 Å². The van der Waals surface area contributed by atoms with Gasteiger partial charge < -0.3 is 20.1 Å². The SMILES string of the molecule is CC(C)OC(=O)[C@@]1(C)CC[C@]2(C)CC[C@]3(C)C(=CC(=O)[C@@H]4[C@@]5(C)[C@@H](O)[C@H](O)[C@H](O)C(C)(C)[C@@H]5CC[C@]43C)[C@@H]2C1. The zero-order valence-electron chi connectivity index (χ0n) is 25.6. The monoisotopic (exact) mass is 544 g/mol. The van der Waals surface area contributed by atoms with Crippen molar-refractivity contribution in [2.75, 3.05) is 0 Å². The molecule has 220 valence electrons. The van der Waals surface area contributed by atoms with Crippen LogP contribution in [0.25, 0.3) is 0 Å². The van der Waals surface area contributed by atoms with E-state index in [9.17, 15) is 24.9 Å². The van der Waals surface area contributed by atoms with Crippen LogP contribution in [0.1, 0.15) is 107 Å². The van der Waals surface area contributed by atoms with Crippen molar-refractivity contribution in [3.05, 3.63) is 11.6 Å². The molecule has 0 aromatic heterocycles. The van der Waals surface area contributed by atoms with Crippen molar-refractivity contribution in [2.45, 2.75) is 132 Å². The maximum Gasteiger partial charge on any atom is 0.312 e. The third-order valence-electron chi connectivity index (χ3n) is 13.5. The Morgan fingerprint density at radius 3 is 2.15 bits per heavy atom. The Balaban J connectivity index is 1.61. The molecule has 3 N–H and O–H groups in total. The number of fused-ring (bicyclic) bond motifs is 7. The molecule has 0 bridgehead atoms. The number of rotatable bonds is 2. The first-order valence-corrected chi connectivity index (χ1v) is 15.3. The molecular formula is C33H52O6. The lowest BCUT2D eigenvalue weighted by Crippen LogP contribution is -2.73. The predicted octanol–water partition coefficient (Wildman–Crippen LogP) is 5.22. The van der Waals surface area contributed by atoms with Gasteiger partial charge >= 0.3 is 5.97 Å². The van der Waals surface area contributed by atoms with Gasteiger partial charge in [-0.2, -0.15) is 0 Å². The summed E-state index contributed by atoms with van der Waals surface area (Å²) in [4.78, 5) is 27.7. The van der Waals surface area contributed by atoms with E-state index in [-0.39, 0.29) is 40.5 Å². The molecule has 0 unspecified atom stereocenters. The van der Waals surface area contributed by atoms with Crippen LogP contribution in [0.2, 0.25) is 0 Å². The first kappa shape index (κ1) is 29.3. The Hall–Kier alpha value is -1.24. The molecule has 0 spiro atoms. The molecule has 4 fully saturated rings. The van der Waals surface area contributed by atoms with E-state index in [0.717, 1.165) is 38.5 Å². The Labute approximate surface area is 235 Å². The Kier molecular flexibility index (Phi) is 6.48. The van der Waals surface area contributed by atoms with Crippen LogP contribution >= 0.6 is 0 Å². The van der Waals surface area contributed by atoms with Crippen molar-refractivity contribution in [2.24, 2.45) is 50.2 Å². The van der Waals surface area contributed by atoms with Crippen LogP contribution in [0.5, 0.6) is 0 Å². The van der Waals surface area contributed by atoms with E-state index in [4.69, 9.17) is 4.74 Å². The number of allylic oxidation sites excluding steroid dienone is 2. The zero-order chi connectivity index (χ0) is 29.1. The third kappa shape index (κ3) is 3.62. The molecular weight excluding hydrogens is 492 g/mol. The fraction of sp³-hybridized carbons (Fsp3) is 0.879. The molecule has 5 aliphatic carbocycles. The molecule has 6 heteroatoms. The number of esters is 1. The first-order chi connectivity index (χ1) is 17.8. The summed E-state index contributed by atoms with van der Waals surface area (Å²) in [5.74, 6) is -0.540. The molecule has 6 nitrogen and oxygen atoms in total. The molecule has 0 aromatic carbocycles. The molecule has 5 rings (SSSR count). The second-order valence-corrected chi connectivity index (χ2v) is 16.3. The third-order valence-corrected chi connectivity index (χ3v) is 13.5. The lowest BCUT2D eigenvalue weighted by molar-refractivity contribution is -0.272. The molecule has 0 aromatic rings. The van der Waals surface area contributed by atoms with E-state index in [1.807, 2.05) is 47.6 Å².